The molecule has 1 aromatic heterocycles. The number of amides is 1. The summed E-state index contributed by atoms with van der Waals surface area (Å²) >= 11 is 0. The summed E-state index contributed by atoms with van der Waals surface area (Å²) in [5.41, 5.74) is 0.703. The van der Waals surface area contributed by atoms with Crippen molar-refractivity contribution in [2.24, 2.45) is 0 Å². The summed E-state index contributed by atoms with van der Waals surface area (Å²) < 4.78 is 5.19. The molecule has 0 saturated heterocycles. The first-order chi connectivity index (χ1) is 9.28. The van der Waals surface area contributed by atoms with Crippen molar-refractivity contribution in [3.8, 4) is 0 Å². The lowest BCUT2D eigenvalue weighted by molar-refractivity contribution is 0.0522. The second kappa shape index (κ2) is 7.24. The maximum atomic E-state index is 11.5. The minimum absolute atomic E-state index is 0.144. The van der Waals surface area contributed by atoms with E-state index < -0.39 is 5.60 Å². The largest absolute Gasteiger partial charge is 0.444 e. The van der Waals surface area contributed by atoms with Crippen molar-refractivity contribution < 1.29 is 9.53 Å². The molecule has 1 amide bonds. The normalized spacial score (nSPS) is 14.4. The second-order valence-corrected chi connectivity index (χ2v) is 5.95. The smallest absolute Gasteiger partial charge is 0.407 e. The SMILES string of the molecule is CC(CNC(=O)OC(C)(C)C)NC(C)c1ccncc1. The van der Waals surface area contributed by atoms with E-state index in [1.807, 2.05) is 39.8 Å². The van der Waals surface area contributed by atoms with Crippen LogP contribution in [-0.2, 0) is 4.74 Å². The van der Waals surface area contributed by atoms with Crippen LogP contribution in [0.25, 0.3) is 0 Å². The Morgan fingerprint density at radius 3 is 2.45 bits per heavy atom. The molecule has 0 aliphatic heterocycles. The van der Waals surface area contributed by atoms with Crippen LogP contribution in [0.2, 0.25) is 0 Å². The summed E-state index contributed by atoms with van der Waals surface area (Å²) in [6, 6.07) is 4.30. The van der Waals surface area contributed by atoms with Gasteiger partial charge in [-0.3, -0.25) is 4.98 Å². The van der Waals surface area contributed by atoms with E-state index in [1.54, 1.807) is 12.4 Å². The van der Waals surface area contributed by atoms with Crippen molar-refractivity contribution in [2.45, 2.75) is 52.3 Å². The van der Waals surface area contributed by atoms with Crippen LogP contribution < -0.4 is 10.6 Å². The fraction of sp³-hybridized carbons (Fsp3) is 0.600. The molecule has 0 bridgehead atoms. The van der Waals surface area contributed by atoms with E-state index in [1.165, 1.54) is 5.56 Å². The van der Waals surface area contributed by atoms with Crippen LogP contribution in [0.1, 0.15) is 46.2 Å². The van der Waals surface area contributed by atoms with Crippen LogP contribution in [0, 0.1) is 0 Å². The van der Waals surface area contributed by atoms with Gasteiger partial charge in [0.25, 0.3) is 0 Å². The fourth-order valence-corrected chi connectivity index (χ4v) is 1.78. The van der Waals surface area contributed by atoms with Gasteiger partial charge in [0.1, 0.15) is 5.60 Å². The van der Waals surface area contributed by atoms with Crippen molar-refractivity contribution >= 4 is 6.09 Å². The molecule has 2 unspecified atom stereocenters. The lowest BCUT2D eigenvalue weighted by Gasteiger charge is -2.23. The predicted molar refractivity (Wildman–Crippen MR) is 79.5 cm³/mol. The number of nitrogens with one attached hydrogen (secondary N) is 2. The van der Waals surface area contributed by atoms with E-state index in [0.717, 1.165) is 0 Å². The number of carbonyl (C=O) groups excluding carboxylic acids is 1. The minimum Gasteiger partial charge on any atom is -0.444 e. The number of ether oxygens (including phenoxy) is 1. The van der Waals surface area contributed by atoms with Crippen LogP contribution in [0.15, 0.2) is 24.5 Å². The van der Waals surface area contributed by atoms with Crippen LogP contribution >= 0.6 is 0 Å². The van der Waals surface area contributed by atoms with Gasteiger partial charge in [0.2, 0.25) is 0 Å². The van der Waals surface area contributed by atoms with Gasteiger partial charge in [-0.2, -0.15) is 0 Å². The fourth-order valence-electron chi connectivity index (χ4n) is 1.78. The number of pyridine rings is 1. The first-order valence-electron chi connectivity index (χ1n) is 6.91. The molecule has 2 N–H and O–H groups in total. The van der Waals surface area contributed by atoms with Gasteiger partial charge in [0.05, 0.1) is 0 Å². The van der Waals surface area contributed by atoms with E-state index >= 15 is 0 Å². The molecule has 20 heavy (non-hydrogen) atoms. The quantitative estimate of drug-likeness (QED) is 0.869. The number of hydrogen-bond donors (Lipinski definition) is 2. The zero-order valence-corrected chi connectivity index (χ0v) is 12.9. The van der Waals surface area contributed by atoms with E-state index in [-0.39, 0.29) is 18.2 Å². The molecule has 0 fully saturated rings. The molecular weight excluding hydrogens is 254 g/mol. The van der Waals surface area contributed by atoms with Gasteiger partial charge in [0, 0.05) is 31.0 Å². The van der Waals surface area contributed by atoms with Crippen molar-refractivity contribution in [3.05, 3.63) is 30.1 Å². The predicted octanol–water partition coefficient (Wildman–Crippen LogP) is 2.65. The lowest BCUT2D eigenvalue weighted by Crippen LogP contribution is -2.41. The average molecular weight is 279 g/mol. The summed E-state index contributed by atoms with van der Waals surface area (Å²) in [4.78, 5) is 15.5. The standard InChI is InChI=1S/C15H25N3O2/c1-11(10-17-14(19)20-15(3,4)5)18-12(2)13-6-8-16-9-7-13/h6-9,11-12,18H,10H2,1-5H3,(H,17,19). The number of carbonyl (C=O) groups is 1. The topological polar surface area (TPSA) is 63.2 Å². The van der Waals surface area contributed by atoms with Crippen molar-refractivity contribution in [1.29, 1.82) is 0 Å². The van der Waals surface area contributed by atoms with Crippen LogP contribution in [0.4, 0.5) is 4.79 Å². The van der Waals surface area contributed by atoms with Crippen LogP contribution in [0.5, 0.6) is 0 Å². The number of alkyl carbamates (subject to hydrolysis) is 1. The summed E-state index contributed by atoms with van der Waals surface area (Å²) in [5.74, 6) is 0. The van der Waals surface area contributed by atoms with E-state index in [4.69, 9.17) is 4.74 Å². The zero-order chi connectivity index (χ0) is 15.2. The molecule has 112 valence electrons. The third-order valence-corrected chi connectivity index (χ3v) is 2.69. The third kappa shape index (κ3) is 6.52. The Labute approximate surface area is 121 Å². The summed E-state index contributed by atoms with van der Waals surface area (Å²) in [7, 11) is 0. The monoisotopic (exact) mass is 279 g/mol. The van der Waals surface area contributed by atoms with E-state index in [2.05, 4.69) is 22.5 Å². The molecule has 0 spiro atoms. The first-order valence-corrected chi connectivity index (χ1v) is 6.91. The van der Waals surface area contributed by atoms with Gasteiger partial charge < -0.3 is 15.4 Å². The highest BCUT2D eigenvalue weighted by Gasteiger charge is 2.17. The highest BCUT2D eigenvalue weighted by atomic mass is 16.6. The van der Waals surface area contributed by atoms with Crippen LogP contribution in [0.3, 0.4) is 0 Å². The van der Waals surface area contributed by atoms with Gasteiger partial charge in [-0.1, -0.05) is 0 Å². The minimum atomic E-state index is -0.467. The molecule has 5 nitrogen and oxygen atoms in total. The van der Waals surface area contributed by atoms with Crippen molar-refractivity contribution in [3.63, 3.8) is 0 Å². The lowest BCUT2D eigenvalue weighted by atomic mass is 10.1. The maximum Gasteiger partial charge on any atom is 0.407 e. The Balaban J connectivity index is 2.33. The van der Waals surface area contributed by atoms with E-state index in [0.29, 0.717) is 6.54 Å². The highest BCUT2D eigenvalue weighted by molar-refractivity contribution is 5.67. The molecule has 2 atom stereocenters. The molecule has 0 aliphatic carbocycles. The molecule has 1 rings (SSSR count). The Bertz CT molecular complexity index is 415. The first kappa shape index (κ1) is 16.4. The van der Waals surface area contributed by atoms with Crippen molar-refractivity contribution in [2.75, 3.05) is 6.54 Å². The summed E-state index contributed by atoms with van der Waals surface area (Å²) in [6.45, 7) is 10.2. The second-order valence-electron chi connectivity index (χ2n) is 5.95. The Kier molecular flexibility index (Phi) is 5.95. The average Bonchev–Trinajstić information content (AvgIpc) is 2.35. The molecule has 0 aliphatic rings. The highest BCUT2D eigenvalue weighted by Crippen LogP contribution is 2.11. The molecule has 1 aromatic rings. The van der Waals surface area contributed by atoms with Crippen molar-refractivity contribution in [1.82, 2.24) is 15.6 Å². The Morgan fingerprint density at radius 2 is 1.90 bits per heavy atom. The molecule has 1 heterocycles. The molecule has 0 radical (unpaired) electrons. The number of aromatic nitrogens is 1. The van der Waals surface area contributed by atoms with Gasteiger partial charge >= 0.3 is 6.09 Å². The van der Waals surface area contributed by atoms with Gasteiger partial charge in [-0.15, -0.1) is 0 Å². The number of nitrogens with zero attached hydrogens (tertiary/aromatic N) is 1. The summed E-state index contributed by atoms with van der Waals surface area (Å²) in [6.07, 6.45) is 3.16. The van der Waals surface area contributed by atoms with E-state index in [9.17, 15) is 4.79 Å². The molecule has 0 saturated carbocycles. The van der Waals surface area contributed by atoms with Gasteiger partial charge in [-0.05, 0) is 52.3 Å². The Morgan fingerprint density at radius 1 is 1.30 bits per heavy atom. The van der Waals surface area contributed by atoms with Crippen LogP contribution in [-0.4, -0.2) is 29.3 Å². The molecular formula is C15H25N3O2. The Hall–Kier alpha value is -1.62. The molecule has 0 aromatic carbocycles. The number of hydrogen-bond acceptors (Lipinski definition) is 4. The molecule has 5 heteroatoms. The third-order valence-electron chi connectivity index (χ3n) is 2.69. The summed E-state index contributed by atoms with van der Waals surface area (Å²) in [5, 5.41) is 6.18. The van der Waals surface area contributed by atoms with Gasteiger partial charge in [-0.25, -0.2) is 4.79 Å². The zero-order valence-electron chi connectivity index (χ0n) is 12.9. The van der Waals surface area contributed by atoms with Gasteiger partial charge in [0.15, 0.2) is 0 Å². The number of rotatable bonds is 5. The maximum absolute atomic E-state index is 11.5.